The molecule has 1 heterocycles. The maximum Gasteiger partial charge on any atom is 0.271 e. The highest BCUT2D eigenvalue weighted by molar-refractivity contribution is 5.93. The lowest BCUT2D eigenvalue weighted by Gasteiger charge is -2.00. The van der Waals surface area contributed by atoms with E-state index in [2.05, 4.69) is 10.5 Å². The van der Waals surface area contributed by atoms with Crippen LogP contribution in [0.2, 0.25) is 0 Å². The van der Waals surface area contributed by atoms with Crippen molar-refractivity contribution in [1.82, 2.24) is 10.1 Å². The first-order valence-corrected chi connectivity index (χ1v) is 5.09. The molecule has 2 rings (SSSR count). The van der Waals surface area contributed by atoms with Crippen LogP contribution in [0.1, 0.15) is 10.4 Å². The first-order chi connectivity index (χ1) is 8.27. The lowest BCUT2D eigenvalue weighted by Crippen LogP contribution is -2.30. The number of aromatic nitrogens is 1. The fourth-order valence-corrected chi connectivity index (χ4v) is 1.30. The van der Waals surface area contributed by atoms with Crippen molar-refractivity contribution < 1.29 is 4.79 Å². The van der Waals surface area contributed by atoms with E-state index in [0.29, 0.717) is 11.1 Å². The van der Waals surface area contributed by atoms with Crippen molar-refractivity contribution in [2.45, 2.75) is 0 Å². The lowest BCUT2D eigenvalue weighted by molar-refractivity contribution is 0.0952. The van der Waals surface area contributed by atoms with E-state index in [0.717, 1.165) is 0 Å². The highest BCUT2D eigenvalue weighted by Gasteiger charge is 2.01. The Morgan fingerprint density at radius 1 is 1.12 bits per heavy atom. The van der Waals surface area contributed by atoms with E-state index < -0.39 is 0 Å². The Morgan fingerprint density at radius 3 is 2.53 bits per heavy atom. The Labute approximate surface area is 98.2 Å². The van der Waals surface area contributed by atoms with Gasteiger partial charge in [0, 0.05) is 11.8 Å². The number of carbonyl (C=O) groups is 1. The Hall–Kier alpha value is -2.56. The van der Waals surface area contributed by atoms with Crippen LogP contribution in [0.3, 0.4) is 0 Å². The molecule has 0 saturated heterocycles. The van der Waals surface area contributed by atoms with Crippen molar-refractivity contribution in [3.05, 3.63) is 65.8 Å². The molecule has 5 nitrogen and oxygen atoms in total. The predicted molar refractivity (Wildman–Crippen MR) is 64.1 cm³/mol. The second-order valence-electron chi connectivity index (χ2n) is 3.38. The third kappa shape index (κ3) is 2.72. The highest BCUT2D eigenvalue weighted by Crippen LogP contribution is 1.96. The number of nitrogens with zero attached hydrogens (tertiary/aromatic N) is 2. The number of hydrogen-bond donors (Lipinski definition) is 2. The minimum Gasteiger partial charge on any atom is -0.338 e. The third-order valence-corrected chi connectivity index (χ3v) is 2.18. The number of benzene rings is 1. The molecule has 1 aromatic carbocycles. The minimum atomic E-state index is -0.269. The molecule has 0 radical (unpaired) electrons. The fourth-order valence-electron chi connectivity index (χ4n) is 1.30. The second kappa shape index (κ2) is 4.98. The molecule has 0 fully saturated rings. The second-order valence-corrected chi connectivity index (χ2v) is 3.38. The largest absolute Gasteiger partial charge is 0.338 e. The average molecular weight is 228 g/mol. The molecule has 0 unspecified atom stereocenters. The van der Waals surface area contributed by atoms with Gasteiger partial charge in [-0.3, -0.25) is 9.47 Å². The van der Waals surface area contributed by atoms with Gasteiger partial charge in [-0.15, -0.1) is 0 Å². The van der Waals surface area contributed by atoms with Gasteiger partial charge in [-0.2, -0.15) is 5.10 Å². The van der Waals surface area contributed by atoms with Gasteiger partial charge in [-0.1, -0.05) is 24.3 Å². The van der Waals surface area contributed by atoms with Crippen LogP contribution in [0.15, 0.2) is 59.8 Å². The number of hydrogen-bond acceptors (Lipinski definition) is 3. The van der Waals surface area contributed by atoms with Gasteiger partial charge in [-0.25, -0.2) is 5.43 Å². The van der Waals surface area contributed by atoms with E-state index in [1.165, 1.54) is 4.68 Å². The molecule has 3 N–H and O–H groups in total. The van der Waals surface area contributed by atoms with Crippen LogP contribution in [0.4, 0.5) is 0 Å². The normalized spacial score (nSPS) is 11.2. The smallest absolute Gasteiger partial charge is 0.271 e. The summed E-state index contributed by atoms with van der Waals surface area (Å²) in [7, 11) is 0. The van der Waals surface area contributed by atoms with Gasteiger partial charge in [0.15, 0.2) is 5.49 Å². The summed E-state index contributed by atoms with van der Waals surface area (Å²) in [6.45, 7) is 0. The summed E-state index contributed by atoms with van der Waals surface area (Å²) in [4.78, 5) is 11.7. The van der Waals surface area contributed by atoms with Crippen molar-refractivity contribution in [2.75, 3.05) is 5.84 Å². The molecule has 0 aliphatic heterocycles. The molecule has 1 aromatic heterocycles. The van der Waals surface area contributed by atoms with Crippen molar-refractivity contribution in [3.8, 4) is 0 Å². The average Bonchev–Trinajstić information content (AvgIpc) is 2.38. The monoisotopic (exact) mass is 228 g/mol. The number of carbonyl (C=O) groups excluding carboxylic acids is 1. The molecule has 0 saturated carbocycles. The van der Waals surface area contributed by atoms with Crippen LogP contribution >= 0.6 is 0 Å². The number of amides is 1. The highest BCUT2D eigenvalue weighted by atomic mass is 16.2. The van der Waals surface area contributed by atoms with E-state index in [1.54, 1.807) is 48.7 Å². The predicted octanol–water partition coefficient (Wildman–Crippen LogP) is 0.448. The molecule has 5 heteroatoms. The maximum atomic E-state index is 11.7. The van der Waals surface area contributed by atoms with Crippen LogP contribution < -0.4 is 16.8 Å². The first-order valence-electron chi connectivity index (χ1n) is 5.09. The topological polar surface area (TPSA) is 72.4 Å². The molecule has 0 spiro atoms. The molecule has 0 aliphatic rings. The minimum absolute atomic E-state index is 0.269. The summed E-state index contributed by atoms with van der Waals surface area (Å²) in [5, 5.41) is 3.92. The van der Waals surface area contributed by atoms with Crippen LogP contribution in [0.5, 0.6) is 0 Å². The van der Waals surface area contributed by atoms with Gasteiger partial charge in [0.2, 0.25) is 0 Å². The van der Waals surface area contributed by atoms with E-state index in [1.807, 2.05) is 6.07 Å². The Morgan fingerprint density at radius 2 is 1.82 bits per heavy atom. The molecule has 86 valence electrons. The maximum absolute atomic E-state index is 11.7. The molecular formula is C12H12N4O. The van der Waals surface area contributed by atoms with E-state index in [4.69, 9.17) is 5.84 Å². The first kappa shape index (κ1) is 10.9. The summed E-state index contributed by atoms with van der Waals surface area (Å²) >= 11 is 0. The van der Waals surface area contributed by atoms with Crippen molar-refractivity contribution in [1.29, 1.82) is 0 Å². The standard InChI is InChI=1S/C12H12N4O/c13-16-9-5-4-8-11(16)14-15-12(17)10-6-2-1-3-7-10/h1-9H,13H2,(H,15,17). The Balaban J connectivity index is 2.17. The van der Waals surface area contributed by atoms with E-state index in [9.17, 15) is 4.79 Å². The Kier molecular flexibility index (Phi) is 3.20. The Bertz CT molecular complexity index is 574. The molecule has 2 aromatic rings. The zero-order chi connectivity index (χ0) is 12.1. The number of nitrogens with one attached hydrogen (secondary N) is 1. The molecule has 0 atom stereocenters. The third-order valence-electron chi connectivity index (χ3n) is 2.18. The molecule has 0 aliphatic carbocycles. The molecule has 1 amide bonds. The summed E-state index contributed by atoms with van der Waals surface area (Å²) < 4.78 is 1.32. The lowest BCUT2D eigenvalue weighted by atomic mass is 10.2. The summed E-state index contributed by atoms with van der Waals surface area (Å²) in [5.74, 6) is 5.35. The van der Waals surface area contributed by atoms with Crippen LogP contribution in [0.25, 0.3) is 0 Å². The zero-order valence-corrected chi connectivity index (χ0v) is 9.08. The van der Waals surface area contributed by atoms with Gasteiger partial charge < -0.3 is 5.84 Å². The summed E-state index contributed by atoms with van der Waals surface area (Å²) in [5.41, 5.74) is 3.46. The molecular weight excluding hydrogens is 216 g/mol. The fraction of sp³-hybridized carbons (Fsp3) is 0. The SMILES string of the molecule is Nn1ccccc1=NNC(=O)c1ccccc1. The van der Waals surface area contributed by atoms with Crippen LogP contribution in [0, 0.1) is 0 Å². The van der Waals surface area contributed by atoms with Gasteiger partial charge in [-0.05, 0) is 24.3 Å². The van der Waals surface area contributed by atoms with Crippen molar-refractivity contribution >= 4 is 5.91 Å². The van der Waals surface area contributed by atoms with Crippen LogP contribution in [-0.4, -0.2) is 10.6 Å². The summed E-state index contributed by atoms with van der Waals surface area (Å²) in [6, 6.07) is 14.1. The van der Waals surface area contributed by atoms with Crippen molar-refractivity contribution in [3.63, 3.8) is 0 Å². The number of nitrogens with two attached hydrogens (primary N) is 1. The van der Waals surface area contributed by atoms with E-state index in [-0.39, 0.29) is 5.91 Å². The molecule has 0 bridgehead atoms. The summed E-state index contributed by atoms with van der Waals surface area (Å²) in [6.07, 6.45) is 1.65. The van der Waals surface area contributed by atoms with Gasteiger partial charge in [0.05, 0.1) is 0 Å². The van der Waals surface area contributed by atoms with Gasteiger partial charge in [0.1, 0.15) is 0 Å². The van der Waals surface area contributed by atoms with Crippen LogP contribution in [-0.2, 0) is 0 Å². The van der Waals surface area contributed by atoms with Gasteiger partial charge in [0.25, 0.3) is 5.91 Å². The van der Waals surface area contributed by atoms with Crippen molar-refractivity contribution in [2.24, 2.45) is 5.10 Å². The number of pyridine rings is 1. The number of rotatable bonds is 2. The van der Waals surface area contributed by atoms with E-state index >= 15 is 0 Å². The zero-order valence-electron chi connectivity index (χ0n) is 9.08. The van der Waals surface area contributed by atoms with Gasteiger partial charge >= 0.3 is 0 Å². The molecule has 17 heavy (non-hydrogen) atoms. The quantitative estimate of drug-likeness (QED) is 0.578. The number of nitrogen functional groups attached to an aromatic ring is 1.